The Morgan fingerprint density at radius 2 is 2.00 bits per heavy atom. The average Bonchev–Trinajstić information content (AvgIpc) is 2.89. The summed E-state index contributed by atoms with van der Waals surface area (Å²) in [5.74, 6) is 0. The minimum absolute atomic E-state index is 0.635. The van der Waals surface area contributed by atoms with E-state index in [1.54, 1.807) is 6.07 Å². The van der Waals surface area contributed by atoms with E-state index in [0.717, 1.165) is 26.5 Å². The van der Waals surface area contributed by atoms with Gasteiger partial charge in [-0.05, 0) is 51.3 Å². The van der Waals surface area contributed by atoms with Gasteiger partial charge in [-0.25, -0.2) is 0 Å². The number of aliphatic hydroxyl groups excluding tert-OH is 1. The summed E-state index contributed by atoms with van der Waals surface area (Å²) in [5, 5.41) is 12.2. The lowest BCUT2D eigenvalue weighted by Crippen LogP contribution is -2.00. The van der Waals surface area contributed by atoms with Crippen molar-refractivity contribution in [3.63, 3.8) is 0 Å². The van der Waals surface area contributed by atoms with Gasteiger partial charge in [-0.2, -0.15) is 0 Å². The molecule has 19 heavy (non-hydrogen) atoms. The standard InChI is InChI=1S/C15H11BrClNO/c16-12-8-9(4-5-13(12)17)15(19)11-2-1-3-14-10(11)6-7-18-14/h1-8,15,18-19H. The molecule has 1 unspecified atom stereocenters. The summed E-state index contributed by atoms with van der Waals surface area (Å²) >= 11 is 9.36. The van der Waals surface area contributed by atoms with Gasteiger partial charge in [0.25, 0.3) is 0 Å². The van der Waals surface area contributed by atoms with E-state index in [4.69, 9.17) is 11.6 Å². The Balaban J connectivity index is 2.10. The molecule has 0 saturated heterocycles. The van der Waals surface area contributed by atoms with Gasteiger partial charge in [-0.3, -0.25) is 0 Å². The van der Waals surface area contributed by atoms with Crippen molar-refractivity contribution in [2.24, 2.45) is 0 Å². The van der Waals surface area contributed by atoms with Crippen LogP contribution in [0.2, 0.25) is 5.02 Å². The summed E-state index contributed by atoms with van der Waals surface area (Å²) < 4.78 is 0.784. The maximum Gasteiger partial charge on any atom is 0.105 e. The minimum atomic E-state index is -0.673. The van der Waals surface area contributed by atoms with Crippen molar-refractivity contribution in [2.45, 2.75) is 6.10 Å². The SMILES string of the molecule is OC(c1ccc(Cl)c(Br)c1)c1cccc2[nH]ccc12. The molecule has 3 rings (SSSR count). The Hall–Kier alpha value is -1.29. The van der Waals surface area contributed by atoms with Gasteiger partial charge < -0.3 is 10.1 Å². The number of aliphatic hydroxyl groups is 1. The normalized spacial score (nSPS) is 12.8. The van der Waals surface area contributed by atoms with Crippen LogP contribution in [0.25, 0.3) is 10.9 Å². The van der Waals surface area contributed by atoms with Gasteiger partial charge in [0.05, 0.1) is 5.02 Å². The molecule has 1 aromatic heterocycles. The second-order valence-electron chi connectivity index (χ2n) is 4.36. The van der Waals surface area contributed by atoms with Crippen LogP contribution in [0.15, 0.2) is 53.1 Å². The van der Waals surface area contributed by atoms with E-state index in [2.05, 4.69) is 20.9 Å². The number of benzene rings is 2. The highest BCUT2D eigenvalue weighted by Gasteiger charge is 2.14. The number of aromatic amines is 1. The van der Waals surface area contributed by atoms with Crippen LogP contribution in [0.3, 0.4) is 0 Å². The first-order valence-corrected chi connectivity index (χ1v) is 7.03. The largest absolute Gasteiger partial charge is 0.384 e. The highest BCUT2D eigenvalue weighted by atomic mass is 79.9. The maximum absolute atomic E-state index is 10.5. The van der Waals surface area contributed by atoms with Gasteiger partial charge in [-0.15, -0.1) is 0 Å². The topological polar surface area (TPSA) is 36.0 Å². The number of hydrogen-bond acceptors (Lipinski definition) is 1. The van der Waals surface area contributed by atoms with Crippen molar-refractivity contribution in [1.82, 2.24) is 4.98 Å². The second-order valence-corrected chi connectivity index (χ2v) is 5.62. The number of halogens is 2. The molecule has 0 aliphatic heterocycles. The third-order valence-corrected chi connectivity index (χ3v) is 4.40. The number of hydrogen-bond donors (Lipinski definition) is 2. The molecular formula is C15H11BrClNO. The quantitative estimate of drug-likeness (QED) is 0.701. The Bertz CT molecular complexity index is 738. The number of rotatable bonds is 2. The van der Waals surface area contributed by atoms with E-state index >= 15 is 0 Å². The Morgan fingerprint density at radius 3 is 2.79 bits per heavy atom. The summed E-state index contributed by atoms with van der Waals surface area (Å²) in [6.07, 6.45) is 1.20. The summed E-state index contributed by atoms with van der Waals surface area (Å²) in [6.45, 7) is 0. The lowest BCUT2D eigenvalue weighted by atomic mass is 9.98. The summed E-state index contributed by atoms with van der Waals surface area (Å²) in [4.78, 5) is 3.15. The van der Waals surface area contributed by atoms with Crippen LogP contribution in [-0.2, 0) is 0 Å². The van der Waals surface area contributed by atoms with E-state index in [-0.39, 0.29) is 0 Å². The fourth-order valence-electron chi connectivity index (χ4n) is 2.21. The molecule has 0 fully saturated rings. The second kappa shape index (κ2) is 5.00. The number of aromatic nitrogens is 1. The van der Waals surface area contributed by atoms with Gasteiger partial charge in [0.1, 0.15) is 6.10 Å². The van der Waals surface area contributed by atoms with Crippen molar-refractivity contribution in [1.29, 1.82) is 0 Å². The van der Waals surface area contributed by atoms with E-state index in [9.17, 15) is 5.11 Å². The third-order valence-electron chi connectivity index (χ3n) is 3.18. The van der Waals surface area contributed by atoms with E-state index in [1.165, 1.54) is 0 Å². The number of nitrogens with one attached hydrogen (secondary N) is 1. The maximum atomic E-state index is 10.5. The predicted octanol–water partition coefficient (Wildman–Crippen LogP) is 4.67. The monoisotopic (exact) mass is 335 g/mol. The van der Waals surface area contributed by atoms with Crippen LogP contribution >= 0.6 is 27.5 Å². The molecule has 0 aliphatic carbocycles. The third kappa shape index (κ3) is 2.29. The van der Waals surface area contributed by atoms with E-state index < -0.39 is 6.10 Å². The molecular weight excluding hydrogens is 326 g/mol. The van der Waals surface area contributed by atoms with Gasteiger partial charge in [0, 0.05) is 21.6 Å². The summed E-state index contributed by atoms with van der Waals surface area (Å²) in [5.41, 5.74) is 2.71. The molecule has 0 aliphatic rings. The molecule has 96 valence electrons. The fourth-order valence-corrected chi connectivity index (χ4v) is 2.72. The van der Waals surface area contributed by atoms with Crippen molar-refractivity contribution in [3.8, 4) is 0 Å². The van der Waals surface area contributed by atoms with Gasteiger partial charge >= 0.3 is 0 Å². The molecule has 4 heteroatoms. The molecule has 0 saturated carbocycles. The van der Waals surface area contributed by atoms with Crippen molar-refractivity contribution < 1.29 is 5.11 Å². The van der Waals surface area contributed by atoms with E-state index in [1.807, 2.05) is 42.6 Å². The molecule has 2 N–H and O–H groups in total. The highest BCUT2D eigenvalue weighted by molar-refractivity contribution is 9.10. The van der Waals surface area contributed by atoms with Gasteiger partial charge in [0.2, 0.25) is 0 Å². The molecule has 0 radical (unpaired) electrons. The van der Waals surface area contributed by atoms with Gasteiger partial charge in [-0.1, -0.05) is 29.8 Å². The summed E-state index contributed by atoms with van der Waals surface area (Å²) in [7, 11) is 0. The predicted molar refractivity (Wildman–Crippen MR) is 81.5 cm³/mol. The number of fused-ring (bicyclic) bond motifs is 1. The first-order valence-electron chi connectivity index (χ1n) is 5.86. The molecule has 1 atom stereocenters. The molecule has 0 amide bonds. The Kier molecular flexibility index (Phi) is 3.35. The molecule has 0 bridgehead atoms. The fraction of sp³-hybridized carbons (Fsp3) is 0.0667. The van der Waals surface area contributed by atoms with Gasteiger partial charge in [0.15, 0.2) is 0 Å². The van der Waals surface area contributed by atoms with Crippen LogP contribution in [0, 0.1) is 0 Å². The highest BCUT2D eigenvalue weighted by Crippen LogP contribution is 2.32. The van der Waals surface area contributed by atoms with Crippen LogP contribution in [0.5, 0.6) is 0 Å². The average molecular weight is 337 g/mol. The Labute approximate surface area is 124 Å². The lowest BCUT2D eigenvalue weighted by Gasteiger charge is -2.13. The zero-order valence-corrected chi connectivity index (χ0v) is 12.2. The van der Waals surface area contributed by atoms with Crippen LogP contribution < -0.4 is 0 Å². The molecule has 1 heterocycles. The molecule has 2 aromatic carbocycles. The smallest absolute Gasteiger partial charge is 0.105 e. The molecule has 3 aromatic rings. The van der Waals surface area contributed by atoms with Crippen LogP contribution in [-0.4, -0.2) is 10.1 Å². The zero-order valence-electron chi connectivity index (χ0n) is 9.90. The van der Waals surface area contributed by atoms with Crippen molar-refractivity contribution in [3.05, 3.63) is 69.3 Å². The van der Waals surface area contributed by atoms with Crippen LogP contribution in [0.1, 0.15) is 17.2 Å². The molecule has 2 nitrogen and oxygen atoms in total. The Morgan fingerprint density at radius 1 is 1.16 bits per heavy atom. The first kappa shape index (κ1) is 12.7. The summed E-state index contributed by atoms with van der Waals surface area (Å²) in [6, 6.07) is 13.3. The van der Waals surface area contributed by atoms with Crippen molar-refractivity contribution >= 4 is 38.4 Å². The van der Waals surface area contributed by atoms with Crippen molar-refractivity contribution in [2.75, 3.05) is 0 Å². The first-order chi connectivity index (χ1) is 9.16. The molecule has 0 spiro atoms. The minimum Gasteiger partial charge on any atom is -0.384 e. The lowest BCUT2D eigenvalue weighted by molar-refractivity contribution is 0.222. The number of H-pyrrole nitrogens is 1. The van der Waals surface area contributed by atoms with Crippen LogP contribution in [0.4, 0.5) is 0 Å². The zero-order chi connectivity index (χ0) is 13.4. The van der Waals surface area contributed by atoms with E-state index in [0.29, 0.717) is 5.02 Å².